The molecule has 0 aliphatic carbocycles. The number of allylic oxidation sites excluding steroid dienone is 1. The molecule has 1 N–H and O–H groups in total. The maximum absolute atomic E-state index is 10.7. The second kappa shape index (κ2) is 5.26. The number of hydrogen-bond donors (Lipinski definition) is 1. The average Bonchev–Trinajstić information content (AvgIpc) is 1.88. The van der Waals surface area contributed by atoms with Gasteiger partial charge < -0.3 is 5.11 Å². The Bertz CT molecular complexity index is 143. The van der Waals surface area contributed by atoms with E-state index in [1.165, 1.54) is 12.2 Å². The van der Waals surface area contributed by atoms with Crippen molar-refractivity contribution in [3.63, 3.8) is 0 Å². The van der Waals surface area contributed by atoms with Crippen LogP contribution in [0.1, 0.15) is 6.42 Å². The Balaban J connectivity index is 3.56. The lowest BCUT2D eigenvalue weighted by Crippen LogP contribution is -1.93. The van der Waals surface area contributed by atoms with E-state index in [0.29, 0.717) is 0 Å². The predicted octanol–water partition coefficient (Wildman–Crippen LogP) is 1.87. The first-order valence-electron chi connectivity index (χ1n) is 2.70. The highest BCUT2D eigenvalue weighted by Crippen LogP contribution is 2.18. The highest BCUT2D eigenvalue weighted by molar-refractivity contribution is 8.16. The summed E-state index contributed by atoms with van der Waals surface area (Å²) in [5.41, 5.74) is -0.0631. The van der Waals surface area contributed by atoms with Gasteiger partial charge >= 0.3 is 0 Å². The molecule has 1 radical (unpaired) electrons. The van der Waals surface area contributed by atoms with Crippen molar-refractivity contribution in [3.05, 3.63) is 30.7 Å². The molecule has 0 saturated heterocycles. The van der Waals surface area contributed by atoms with Crippen LogP contribution in [-0.4, -0.2) is 10.2 Å². The van der Waals surface area contributed by atoms with Gasteiger partial charge in [-0.2, -0.15) is 0 Å². The van der Waals surface area contributed by atoms with Crippen LogP contribution in [0.25, 0.3) is 0 Å². The second-order valence-corrected chi connectivity index (χ2v) is 2.59. The van der Waals surface area contributed by atoms with E-state index < -0.39 is 0 Å². The third-order valence-corrected chi connectivity index (χ3v) is 1.47. The Hall–Kier alpha value is -0.540. The van der Waals surface area contributed by atoms with Crippen molar-refractivity contribution in [1.82, 2.24) is 0 Å². The molecule has 0 heterocycles. The van der Waals surface area contributed by atoms with Crippen molar-refractivity contribution >= 4 is 16.9 Å². The monoisotopic (exact) mass is 157 g/mol. The van der Waals surface area contributed by atoms with Crippen LogP contribution < -0.4 is 0 Å². The van der Waals surface area contributed by atoms with Gasteiger partial charge in [0, 0.05) is 6.42 Å². The van der Waals surface area contributed by atoms with Gasteiger partial charge in [0.25, 0.3) is 0 Å². The maximum atomic E-state index is 10.7. The van der Waals surface area contributed by atoms with E-state index in [1.807, 2.05) is 0 Å². The van der Waals surface area contributed by atoms with Crippen molar-refractivity contribution in [1.29, 1.82) is 0 Å². The van der Waals surface area contributed by atoms with E-state index in [2.05, 4.69) is 13.2 Å². The molecule has 0 atom stereocenters. The number of thioether (sulfide) groups is 1. The van der Waals surface area contributed by atoms with Gasteiger partial charge in [0.1, 0.15) is 0 Å². The van der Waals surface area contributed by atoms with Gasteiger partial charge in [0.15, 0.2) is 10.6 Å². The highest BCUT2D eigenvalue weighted by Gasteiger charge is 2.06. The Morgan fingerprint density at radius 1 is 1.60 bits per heavy atom. The summed E-state index contributed by atoms with van der Waals surface area (Å²) in [5.74, 6) is 0. The lowest BCUT2D eigenvalue weighted by atomic mass is 10.5. The normalized spacial score (nSPS) is 9.40. The van der Waals surface area contributed by atoms with Crippen molar-refractivity contribution in [3.8, 4) is 0 Å². The minimum atomic E-state index is -0.132. The number of carbonyl (C=O) groups is 1. The summed E-state index contributed by atoms with van der Waals surface area (Å²) >= 11 is 0.768. The van der Waals surface area contributed by atoms with E-state index in [0.717, 1.165) is 11.8 Å². The largest absolute Gasteiger partial charge is 0.371 e. The standard InChI is InChI=1S/C7H9O2S/c1-3-5-7(9)10-6(8)4-2/h3-4,8H,1-2,5H2. The summed E-state index contributed by atoms with van der Waals surface area (Å²) in [4.78, 5) is 10.7. The molecule has 10 heavy (non-hydrogen) atoms. The van der Waals surface area contributed by atoms with Gasteiger partial charge in [-0.15, -0.1) is 6.58 Å². The van der Waals surface area contributed by atoms with Gasteiger partial charge in [-0.05, 0) is 17.8 Å². The number of aliphatic hydroxyl groups is 1. The lowest BCUT2D eigenvalue weighted by Gasteiger charge is -1.98. The molecule has 0 saturated carbocycles. The van der Waals surface area contributed by atoms with Crippen molar-refractivity contribution in [2.45, 2.75) is 6.42 Å². The van der Waals surface area contributed by atoms with E-state index in [9.17, 15) is 4.79 Å². The molecule has 0 aromatic heterocycles. The summed E-state index contributed by atoms with van der Waals surface area (Å²) in [6, 6.07) is 0. The lowest BCUT2D eigenvalue weighted by molar-refractivity contribution is -0.110. The minimum Gasteiger partial charge on any atom is -0.371 e. The molecule has 0 amide bonds. The first-order valence-corrected chi connectivity index (χ1v) is 3.52. The van der Waals surface area contributed by atoms with Crippen LogP contribution in [0.15, 0.2) is 25.3 Å². The molecule has 0 aromatic carbocycles. The summed E-state index contributed by atoms with van der Waals surface area (Å²) in [6.07, 6.45) is 2.99. The number of hydrogen-bond acceptors (Lipinski definition) is 3. The van der Waals surface area contributed by atoms with E-state index in [-0.39, 0.29) is 17.0 Å². The fraction of sp³-hybridized carbons (Fsp3) is 0.143. The molecule has 0 aromatic rings. The van der Waals surface area contributed by atoms with E-state index >= 15 is 0 Å². The van der Waals surface area contributed by atoms with Crippen LogP contribution in [0.2, 0.25) is 0 Å². The molecule has 0 fully saturated rings. The van der Waals surface area contributed by atoms with Crippen molar-refractivity contribution in [2.75, 3.05) is 0 Å². The van der Waals surface area contributed by atoms with Gasteiger partial charge in [0.2, 0.25) is 0 Å². The van der Waals surface area contributed by atoms with Crippen LogP contribution in [0.3, 0.4) is 0 Å². The summed E-state index contributed by atoms with van der Waals surface area (Å²) in [5, 5.41) is 8.63. The Labute approximate surface area is 64.6 Å². The van der Waals surface area contributed by atoms with Crippen LogP contribution in [-0.2, 0) is 4.79 Å². The SMILES string of the molecule is C=CCC(=O)S[C](O)C=C. The van der Waals surface area contributed by atoms with Crippen LogP contribution in [0, 0.1) is 5.44 Å². The minimum absolute atomic E-state index is 0.0631. The zero-order chi connectivity index (χ0) is 7.98. The average molecular weight is 157 g/mol. The molecular formula is C7H9O2S. The smallest absolute Gasteiger partial charge is 0.195 e. The van der Waals surface area contributed by atoms with Crippen LogP contribution in [0.5, 0.6) is 0 Å². The molecule has 3 heteroatoms. The van der Waals surface area contributed by atoms with Gasteiger partial charge in [-0.1, -0.05) is 12.7 Å². The third kappa shape index (κ3) is 4.35. The van der Waals surface area contributed by atoms with E-state index in [4.69, 9.17) is 5.11 Å². The number of carbonyl (C=O) groups excluding carboxylic acids is 1. The molecule has 0 bridgehead atoms. The fourth-order valence-electron chi connectivity index (χ4n) is 0.318. The first kappa shape index (κ1) is 9.46. The molecule has 0 unspecified atom stereocenters. The van der Waals surface area contributed by atoms with Crippen LogP contribution >= 0.6 is 11.8 Å². The zero-order valence-electron chi connectivity index (χ0n) is 5.54. The number of aliphatic hydroxyl groups excluding tert-OH is 1. The number of rotatable bonds is 4. The summed E-state index contributed by atoms with van der Waals surface area (Å²) in [6.45, 7) is 6.67. The molecular weight excluding hydrogens is 148 g/mol. The molecule has 55 valence electrons. The first-order chi connectivity index (χ1) is 4.70. The summed E-state index contributed by atoms with van der Waals surface area (Å²) < 4.78 is 0. The molecule has 2 nitrogen and oxygen atoms in total. The van der Waals surface area contributed by atoms with E-state index in [1.54, 1.807) is 0 Å². The fourth-order valence-corrected chi connectivity index (χ4v) is 0.836. The Morgan fingerprint density at radius 3 is 2.60 bits per heavy atom. The third-order valence-electron chi connectivity index (χ3n) is 0.704. The van der Waals surface area contributed by atoms with Crippen molar-refractivity contribution in [2.24, 2.45) is 0 Å². The van der Waals surface area contributed by atoms with Gasteiger partial charge in [-0.3, -0.25) is 4.79 Å². The molecule has 0 spiro atoms. The molecule has 0 rings (SSSR count). The quantitative estimate of drug-likeness (QED) is 0.633. The van der Waals surface area contributed by atoms with Crippen molar-refractivity contribution < 1.29 is 9.90 Å². The molecule has 0 aliphatic heterocycles. The predicted molar refractivity (Wildman–Crippen MR) is 42.8 cm³/mol. The Morgan fingerprint density at radius 2 is 2.20 bits per heavy atom. The summed E-state index contributed by atoms with van der Waals surface area (Å²) in [7, 11) is 0. The Kier molecular flexibility index (Phi) is 4.98. The highest BCUT2D eigenvalue weighted by atomic mass is 32.2. The van der Waals surface area contributed by atoms with Crippen LogP contribution in [0.4, 0.5) is 0 Å². The maximum Gasteiger partial charge on any atom is 0.195 e. The zero-order valence-corrected chi connectivity index (χ0v) is 6.36. The van der Waals surface area contributed by atoms with Gasteiger partial charge in [-0.25, -0.2) is 0 Å². The second-order valence-electron chi connectivity index (χ2n) is 1.51. The topological polar surface area (TPSA) is 37.3 Å². The molecule has 0 aliphatic rings. The van der Waals surface area contributed by atoms with Gasteiger partial charge in [0.05, 0.1) is 0 Å².